The molecule has 0 rings (SSSR count). The van der Waals surface area contributed by atoms with E-state index in [-0.39, 0.29) is 5.31 Å². The first-order chi connectivity index (χ1) is 9.04. The molecule has 0 fully saturated rings. The molecule has 0 aromatic heterocycles. The maximum Gasteiger partial charge on any atom is 0.266 e. The van der Waals surface area contributed by atoms with Gasteiger partial charge in [0.05, 0.1) is 0 Å². The Morgan fingerprint density at radius 1 is 0.895 bits per heavy atom. The van der Waals surface area contributed by atoms with E-state index in [1.807, 2.05) is 0 Å². The second-order valence-corrected chi connectivity index (χ2v) is 6.36. The average Bonchev–Trinajstić information content (AvgIpc) is 2.34. The van der Waals surface area contributed by atoms with Crippen LogP contribution in [0.1, 0.15) is 91.4 Å². The molecule has 2 nitrogen and oxygen atoms in total. The first-order valence-corrected chi connectivity index (χ1v) is 8.26. The van der Waals surface area contributed by atoms with Gasteiger partial charge in [-0.1, -0.05) is 91.4 Å². The number of hydrogen-bond donors (Lipinski definition) is 1. The van der Waals surface area contributed by atoms with Gasteiger partial charge in [0.25, 0.3) is 7.28 Å². The van der Waals surface area contributed by atoms with E-state index in [0.717, 1.165) is 12.8 Å². The Hall–Kier alpha value is -0.465. The molecule has 1 atom stereocenters. The fourth-order valence-corrected chi connectivity index (χ4v) is 2.80. The van der Waals surface area contributed by atoms with E-state index in [4.69, 9.17) is 5.11 Å². The lowest BCUT2D eigenvalue weighted by Crippen LogP contribution is -2.23. The predicted molar refractivity (Wildman–Crippen MR) is 85.7 cm³/mol. The smallest absolute Gasteiger partial charge is 0.266 e. The summed E-state index contributed by atoms with van der Waals surface area (Å²) >= 11 is 0. The van der Waals surface area contributed by atoms with Crippen molar-refractivity contribution in [3.63, 3.8) is 0 Å². The molecular weight excluding hydrogens is 235 g/mol. The molecule has 0 saturated carbocycles. The molecule has 0 saturated heterocycles. The zero-order valence-electron chi connectivity index (χ0n) is 13.3. The lowest BCUT2D eigenvalue weighted by atomic mass is 9.49. The summed E-state index contributed by atoms with van der Waals surface area (Å²) in [5, 5.41) is 9.11. The van der Waals surface area contributed by atoms with E-state index in [1.165, 1.54) is 57.8 Å². The van der Waals surface area contributed by atoms with Crippen LogP contribution in [0.15, 0.2) is 0 Å². The number of carboxylic acid groups (broad SMARTS) is 1. The van der Waals surface area contributed by atoms with Crippen LogP contribution >= 0.6 is 0 Å². The normalized spacial score (nSPS) is 14.1. The first kappa shape index (κ1) is 18.5. The van der Waals surface area contributed by atoms with E-state index in [1.54, 1.807) is 0 Å². The molecule has 0 aromatic carbocycles. The molecule has 0 aromatic rings. The van der Waals surface area contributed by atoms with Gasteiger partial charge in [-0.05, 0) is 5.31 Å². The van der Waals surface area contributed by atoms with Gasteiger partial charge in [-0.15, -0.1) is 0 Å². The maximum atomic E-state index is 11.0. The molecule has 0 heterocycles. The molecule has 19 heavy (non-hydrogen) atoms. The monoisotopic (exact) mass is 268 g/mol. The minimum atomic E-state index is -0.633. The molecule has 0 amide bonds. The second kappa shape index (κ2) is 11.4. The van der Waals surface area contributed by atoms with Crippen molar-refractivity contribution >= 4 is 13.1 Å². The average molecular weight is 268 g/mol. The third-order valence-corrected chi connectivity index (χ3v) is 4.10. The van der Waals surface area contributed by atoms with E-state index in [9.17, 15) is 4.79 Å². The molecular formula is C16H33BO2. The van der Waals surface area contributed by atoms with Crippen molar-refractivity contribution in [1.29, 1.82) is 0 Å². The highest BCUT2D eigenvalue weighted by Gasteiger charge is 2.28. The van der Waals surface area contributed by atoms with Gasteiger partial charge >= 0.3 is 0 Å². The van der Waals surface area contributed by atoms with Crippen LogP contribution < -0.4 is 0 Å². The third-order valence-electron chi connectivity index (χ3n) is 4.10. The van der Waals surface area contributed by atoms with E-state index in [0.29, 0.717) is 7.28 Å². The minimum Gasteiger partial charge on any atom is -0.489 e. The standard InChI is InChI=1S/C16H33BO2/c1-4-6-8-10-12-14-16(3,17-15(18)19)13-11-9-7-5-2/h17H,4-14H2,1-3H3,(H,18,19). The van der Waals surface area contributed by atoms with Crippen molar-refractivity contribution in [2.24, 2.45) is 0 Å². The van der Waals surface area contributed by atoms with E-state index in [2.05, 4.69) is 20.8 Å². The van der Waals surface area contributed by atoms with Crippen molar-refractivity contribution in [1.82, 2.24) is 0 Å². The number of carbonyl (C=O) groups is 1. The summed E-state index contributed by atoms with van der Waals surface area (Å²) in [6.45, 7) is 6.61. The summed E-state index contributed by atoms with van der Waals surface area (Å²) in [6.07, 6.45) is 13.4. The molecule has 0 bridgehead atoms. The highest BCUT2D eigenvalue weighted by Crippen LogP contribution is 2.37. The third kappa shape index (κ3) is 11.1. The Bertz CT molecular complexity index is 231. The van der Waals surface area contributed by atoms with E-state index >= 15 is 0 Å². The SMILES string of the molecule is CCCCCCCC(C)(BC(=O)O)CCCCCC. The van der Waals surface area contributed by atoms with Gasteiger partial charge in [0, 0.05) is 0 Å². The van der Waals surface area contributed by atoms with Crippen LogP contribution in [0, 0.1) is 0 Å². The van der Waals surface area contributed by atoms with Crippen molar-refractivity contribution < 1.29 is 9.90 Å². The first-order valence-electron chi connectivity index (χ1n) is 8.26. The summed E-state index contributed by atoms with van der Waals surface area (Å²) in [7, 11) is 0.340. The molecule has 1 N–H and O–H groups in total. The molecule has 0 aliphatic carbocycles. The highest BCUT2D eigenvalue weighted by molar-refractivity contribution is 6.73. The fraction of sp³-hybridized carbons (Fsp3) is 0.938. The molecule has 0 radical (unpaired) electrons. The Kier molecular flexibility index (Phi) is 11.1. The van der Waals surface area contributed by atoms with Gasteiger partial charge in [0.2, 0.25) is 5.87 Å². The van der Waals surface area contributed by atoms with Gasteiger partial charge in [-0.25, -0.2) is 0 Å². The largest absolute Gasteiger partial charge is 0.489 e. The summed E-state index contributed by atoms with van der Waals surface area (Å²) in [4.78, 5) is 11.0. The van der Waals surface area contributed by atoms with Gasteiger partial charge in [0.15, 0.2) is 0 Å². The van der Waals surface area contributed by atoms with Crippen molar-refractivity contribution in [3.8, 4) is 0 Å². The molecule has 3 heteroatoms. The summed E-state index contributed by atoms with van der Waals surface area (Å²) < 4.78 is 0. The molecule has 0 spiro atoms. The highest BCUT2D eigenvalue weighted by atomic mass is 16.4. The molecule has 1 unspecified atom stereocenters. The van der Waals surface area contributed by atoms with E-state index < -0.39 is 5.87 Å². The van der Waals surface area contributed by atoms with Crippen molar-refractivity contribution in [2.45, 2.75) is 96.7 Å². The Morgan fingerprint density at radius 3 is 1.74 bits per heavy atom. The fourth-order valence-electron chi connectivity index (χ4n) is 2.80. The number of unbranched alkanes of at least 4 members (excludes halogenated alkanes) is 7. The quantitative estimate of drug-likeness (QED) is 0.348. The molecule has 112 valence electrons. The second-order valence-electron chi connectivity index (χ2n) is 6.36. The molecule has 0 aliphatic heterocycles. The van der Waals surface area contributed by atoms with Crippen LogP contribution in [0.4, 0.5) is 4.79 Å². The Balaban J connectivity index is 3.99. The zero-order chi connectivity index (χ0) is 14.6. The van der Waals surface area contributed by atoms with Crippen LogP contribution in [-0.4, -0.2) is 18.3 Å². The number of rotatable bonds is 13. The van der Waals surface area contributed by atoms with Crippen molar-refractivity contribution in [3.05, 3.63) is 0 Å². The molecule has 0 aliphatic rings. The minimum absolute atomic E-state index is 0.0196. The van der Waals surface area contributed by atoms with Gasteiger partial charge < -0.3 is 5.11 Å². The van der Waals surface area contributed by atoms with Crippen LogP contribution in [0.5, 0.6) is 0 Å². The van der Waals surface area contributed by atoms with Gasteiger partial charge in [-0.3, -0.25) is 4.79 Å². The van der Waals surface area contributed by atoms with Crippen LogP contribution in [0.2, 0.25) is 5.31 Å². The van der Waals surface area contributed by atoms with Crippen LogP contribution in [0.3, 0.4) is 0 Å². The Labute approximate surface area is 120 Å². The summed E-state index contributed by atoms with van der Waals surface area (Å²) in [5.74, 6) is -0.633. The number of hydrogen-bond acceptors (Lipinski definition) is 1. The summed E-state index contributed by atoms with van der Waals surface area (Å²) in [6, 6.07) is 0. The lowest BCUT2D eigenvalue weighted by Gasteiger charge is -2.27. The van der Waals surface area contributed by atoms with Crippen molar-refractivity contribution in [2.75, 3.05) is 0 Å². The summed E-state index contributed by atoms with van der Waals surface area (Å²) in [5.41, 5.74) is 0. The Morgan fingerprint density at radius 2 is 1.32 bits per heavy atom. The van der Waals surface area contributed by atoms with Crippen LogP contribution in [0.25, 0.3) is 0 Å². The zero-order valence-corrected chi connectivity index (χ0v) is 13.3. The topological polar surface area (TPSA) is 37.3 Å². The van der Waals surface area contributed by atoms with Gasteiger partial charge in [-0.2, -0.15) is 0 Å². The maximum absolute atomic E-state index is 11.0. The predicted octanol–water partition coefficient (Wildman–Crippen LogP) is 5.61. The van der Waals surface area contributed by atoms with Crippen LogP contribution in [-0.2, 0) is 0 Å². The lowest BCUT2D eigenvalue weighted by molar-refractivity contribution is 0.218. The van der Waals surface area contributed by atoms with Gasteiger partial charge in [0.1, 0.15) is 0 Å².